The van der Waals surface area contributed by atoms with Crippen molar-refractivity contribution in [2.45, 2.75) is 6.61 Å². The lowest BCUT2D eigenvalue weighted by Gasteiger charge is -2.04. The van der Waals surface area contributed by atoms with Crippen LogP contribution in [-0.2, 0) is 16.2 Å². The predicted molar refractivity (Wildman–Crippen MR) is 120 cm³/mol. The number of para-hydroxylation sites is 2. The third-order valence-electron chi connectivity index (χ3n) is 4.24. The van der Waals surface area contributed by atoms with Crippen molar-refractivity contribution in [2.75, 3.05) is 11.1 Å². The Morgan fingerprint density at radius 1 is 1.03 bits per heavy atom. The van der Waals surface area contributed by atoms with Crippen LogP contribution in [0, 0.1) is 10.1 Å². The van der Waals surface area contributed by atoms with E-state index in [0.717, 1.165) is 16.7 Å². The summed E-state index contributed by atoms with van der Waals surface area (Å²) in [6.07, 6.45) is 4.69. The Balaban J connectivity index is 1.48. The summed E-state index contributed by atoms with van der Waals surface area (Å²) in [6.45, 7) is 0.205. The molecule has 0 heterocycles. The average molecular weight is 416 g/mol. The number of nitrogens with zero attached hydrogens (tertiary/aromatic N) is 2. The molecule has 1 amide bonds. The summed E-state index contributed by atoms with van der Waals surface area (Å²) in [4.78, 5) is 27.4. The van der Waals surface area contributed by atoms with Crippen LogP contribution in [0.4, 0.5) is 17.1 Å². The molecule has 0 aliphatic heterocycles. The van der Waals surface area contributed by atoms with Gasteiger partial charge < -0.3 is 15.9 Å². The number of nitrogens with one attached hydrogen (secondary N) is 1. The van der Waals surface area contributed by atoms with E-state index in [9.17, 15) is 14.9 Å². The zero-order valence-electron chi connectivity index (χ0n) is 16.5. The van der Waals surface area contributed by atoms with Gasteiger partial charge in [-0.25, -0.2) is 0 Å². The Hall–Kier alpha value is -4.46. The number of nitro groups is 1. The minimum atomic E-state index is -0.451. The third-order valence-corrected chi connectivity index (χ3v) is 4.24. The molecule has 0 fully saturated rings. The first-order valence-electron chi connectivity index (χ1n) is 9.33. The lowest BCUT2D eigenvalue weighted by molar-refractivity contribution is -0.384. The highest BCUT2D eigenvalue weighted by molar-refractivity contribution is 6.03. The number of carbonyl (C=O) groups is 1. The van der Waals surface area contributed by atoms with Gasteiger partial charge in [-0.1, -0.05) is 41.6 Å². The third kappa shape index (κ3) is 6.53. The molecule has 0 unspecified atom stereocenters. The molecule has 0 bridgehead atoms. The zero-order valence-corrected chi connectivity index (χ0v) is 16.5. The van der Waals surface area contributed by atoms with Crippen molar-refractivity contribution >= 4 is 35.3 Å². The Morgan fingerprint density at radius 3 is 2.39 bits per heavy atom. The molecule has 0 aliphatic carbocycles. The van der Waals surface area contributed by atoms with Crippen LogP contribution in [0.2, 0.25) is 0 Å². The van der Waals surface area contributed by atoms with Gasteiger partial charge in [0.25, 0.3) is 5.69 Å². The fourth-order valence-electron chi connectivity index (χ4n) is 2.57. The molecule has 0 atom stereocenters. The van der Waals surface area contributed by atoms with Crippen LogP contribution in [0.1, 0.15) is 16.7 Å². The van der Waals surface area contributed by atoms with Gasteiger partial charge >= 0.3 is 0 Å². The van der Waals surface area contributed by atoms with Crippen molar-refractivity contribution < 1.29 is 14.6 Å². The molecule has 0 radical (unpaired) electrons. The molecule has 0 saturated heterocycles. The van der Waals surface area contributed by atoms with Crippen LogP contribution in [-0.4, -0.2) is 17.0 Å². The summed E-state index contributed by atoms with van der Waals surface area (Å²) in [7, 11) is 0. The largest absolute Gasteiger partial charge is 0.397 e. The molecule has 0 saturated carbocycles. The molecule has 0 aromatic heterocycles. The van der Waals surface area contributed by atoms with E-state index in [2.05, 4.69) is 10.5 Å². The molecule has 8 nitrogen and oxygen atoms in total. The number of hydrogen-bond donors (Lipinski definition) is 2. The molecule has 31 heavy (non-hydrogen) atoms. The number of oxime groups is 1. The van der Waals surface area contributed by atoms with E-state index in [1.165, 1.54) is 18.2 Å². The molecule has 3 N–H and O–H groups in total. The molecule has 0 aliphatic rings. The van der Waals surface area contributed by atoms with Crippen molar-refractivity contribution in [3.8, 4) is 0 Å². The number of nitro benzene ring substituents is 1. The molecule has 3 aromatic carbocycles. The number of non-ortho nitro benzene ring substituents is 1. The number of benzene rings is 3. The summed E-state index contributed by atoms with van der Waals surface area (Å²) in [5.41, 5.74) is 9.35. The number of hydrogen-bond acceptors (Lipinski definition) is 6. The molecular weight excluding hydrogens is 396 g/mol. The first-order chi connectivity index (χ1) is 15.0. The van der Waals surface area contributed by atoms with Crippen LogP contribution < -0.4 is 11.1 Å². The standard InChI is InChI=1S/C23H20N4O4/c24-21-3-1-2-4-22(21)26-23(28)14-11-17-5-7-18(8-6-17)15-25-31-16-19-9-12-20(13-10-19)27(29)30/h1-15H,16,24H2,(H,26,28)/b14-11+,25-15+. The maximum absolute atomic E-state index is 12.0. The highest BCUT2D eigenvalue weighted by Crippen LogP contribution is 2.17. The van der Waals surface area contributed by atoms with Crippen molar-refractivity contribution in [3.63, 3.8) is 0 Å². The topological polar surface area (TPSA) is 120 Å². The number of amides is 1. The lowest BCUT2D eigenvalue weighted by atomic mass is 10.1. The van der Waals surface area contributed by atoms with Gasteiger partial charge in [0.15, 0.2) is 0 Å². The fourth-order valence-corrected chi connectivity index (χ4v) is 2.57. The van der Waals surface area contributed by atoms with Crippen LogP contribution in [0.3, 0.4) is 0 Å². The predicted octanol–water partition coefficient (Wildman–Crippen LogP) is 4.38. The van der Waals surface area contributed by atoms with Crippen LogP contribution in [0.15, 0.2) is 84.0 Å². The van der Waals surface area contributed by atoms with Crippen LogP contribution >= 0.6 is 0 Å². The molecule has 3 rings (SSSR count). The summed E-state index contributed by atoms with van der Waals surface area (Å²) in [5.74, 6) is -0.275. The second-order valence-corrected chi connectivity index (χ2v) is 6.51. The van der Waals surface area contributed by atoms with E-state index in [-0.39, 0.29) is 18.2 Å². The minimum Gasteiger partial charge on any atom is -0.397 e. The first kappa shape index (κ1) is 21.3. The van der Waals surface area contributed by atoms with E-state index >= 15 is 0 Å². The van der Waals surface area contributed by atoms with Gasteiger partial charge in [-0.3, -0.25) is 14.9 Å². The highest BCUT2D eigenvalue weighted by Gasteiger charge is 2.04. The Morgan fingerprint density at radius 2 is 1.71 bits per heavy atom. The van der Waals surface area contributed by atoms with Gasteiger partial charge in [0.05, 0.1) is 22.5 Å². The molecule has 156 valence electrons. The fraction of sp³-hybridized carbons (Fsp3) is 0.0435. The van der Waals surface area contributed by atoms with Crippen LogP contribution in [0.5, 0.6) is 0 Å². The maximum atomic E-state index is 12.0. The van der Waals surface area contributed by atoms with Crippen molar-refractivity contribution in [3.05, 3.63) is 106 Å². The Bertz CT molecular complexity index is 1110. The van der Waals surface area contributed by atoms with E-state index in [1.54, 1.807) is 48.7 Å². The molecule has 0 spiro atoms. The number of anilines is 2. The number of nitrogen functional groups attached to an aromatic ring is 1. The number of rotatable bonds is 8. The van der Waals surface area contributed by atoms with Gasteiger partial charge in [-0.2, -0.15) is 0 Å². The van der Waals surface area contributed by atoms with Gasteiger partial charge in [-0.05, 0) is 47.0 Å². The van der Waals surface area contributed by atoms with Crippen molar-refractivity contribution in [2.24, 2.45) is 5.16 Å². The Kier molecular flexibility index (Phi) is 7.10. The maximum Gasteiger partial charge on any atom is 0.269 e. The van der Waals surface area contributed by atoms with Gasteiger partial charge in [0, 0.05) is 18.2 Å². The van der Waals surface area contributed by atoms with Crippen molar-refractivity contribution in [1.29, 1.82) is 0 Å². The number of nitrogens with two attached hydrogens (primary N) is 1. The van der Waals surface area contributed by atoms with E-state index in [0.29, 0.717) is 11.4 Å². The SMILES string of the molecule is Nc1ccccc1NC(=O)/C=C/c1ccc(/C=N/OCc2ccc([N+](=O)[O-])cc2)cc1. The molecule has 3 aromatic rings. The number of carbonyl (C=O) groups excluding carboxylic acids is 1. The molecular formula is C23H20N4O4. The van der Waals surface area contributed by atoms with Crippen molar-refractivity contribution in [1.82, 2.24) is 0 Å². The van der Waals surface area contributed by atoms with Gasteiger partial charge in [0.1, 0.15) is 6.61 Å². The first-order valence-corrected chi connectivity index (χ1v) is 9.33. The monoisotopic (exact) mass is 416 g/mol. The second kappa shape index (κ2) is 10.4. The average Bonchev–Trinajstić information content (AvgIpc) is 2.78. The normalized spacial score (nSPS) is 11.0. The van der Waals surface area contributed by atoms with Crippen LogP contribution in [0.25, 0.3) is 6.08 Å². The van der Waals surface area contributed by atoms with Gasteiger partial charge in [-0.15, -0.1) is 0 Å². The summed E-state index contributed by atoms with van der Waals surface area (Å²) in [5, 5.41) is 17.3. The minimum absolute atomic E-state index is 0.0306. The van der Waals surface area contributed by atoms with E-state index in [1.807, 2.05) is 24.3 Å². The zero-order chi connectivity index (χ0) is 22.1. The summed E-state index contributed by atoms with van der Waals surface area (Å²) in [6, 6.07) is 20.5. The second-order valence-electron chi connectivity index (χ2n) is 6.51. The molecule has 8 heteroatoms. The summed E-state index contributed by atoms with van der Waals surface area (Å²) < 4.78 is 0. The highest BCUT2D eigenvalue weighted by atomic mass is 16.6. The van der Waals surface area contributed by atoms with Gasteiger partial charge in [0.2, 0.25) is 5.91 Å². The Labute approximate surface area is 178 Å². The van der Waals surface area contributed by atoms with E-state index in [4.69, 9.17) is 10.6 Å². The quantitative estimate of drug-likeness (QED) is 0.186. The lowest BCUT2D eigenvalue weighted by Crippen LogP contribution is -2.09. The summed E-state index contributed by atoms with van der Waals surface area (Å²) >= 11 is 0. The smallest absolute Gasteiger partial charge is 0.269 e. The van der Waals surface area contributed by atoms with E-state index < -0.39 is 4.92 Å².